The molecule has 6 nitrogen and oxygen atoms in total. The normalized spacial score (nSPS) is 17.1. The fraction of sp³-hybridized carbons (Fsp3) is 0.286. The minimum absolute atomic E-state index is 0.0798. The predicted molar refractivity (Wildman–Crippen MR) is 74.5 cm³/mol. The monoisotopic (exact) mass is 272 g/mol. The summed E-state index contributed by atoms with van der Waals surface area (Å²) in [4.78, 5) is 12.2. The van der Waals surface area contributed by atoms with Crippen LogP contribution in [0.2, 0.25) is 0 Å². The molecular formula is C14H16N4O2. The highest BCUT2D eigenvalue weighted by atomic mass is 16.5. The SMILES string of the molecule is Cc1[nH]nc(C(=O)NC2CCOc3ccccc32)c1N. The van der Waals surface area contributed by atoms with Crippen molar-refractivity contribution >= 4 is 11.6 Å². The molecule has 1 aromatic heterocycles. The number of aryl methyl sites for hydroxylation is 1. The van der Waals surface area contributed by atoms with Crippen LogP contribution in [-0.4, -0.2) is 22.7 Å². The van der Waals surface area contributed by atoms with Gasteiger partial charge in [0.2, 0.25) is 0 Å². The number of aromatic amines is 1. The maximum atomic E-state index is 12.2. The highest BCUT2D eigenvalue weighted by molar-refractivity contribution is 5.97. The fourth-order valence-corrected chi connectivity index (χ4v) is 2.33. The highest BCUT2D eigenvalue weighted by Crippen LogP contribution is 2.31. The van der Waals surface area contributed by atoms with Crippen molar-refractivity contribution in [1.82, 2.24) is 15.5 Å². The molecule has 1 aliphatic heterocycles. The highest BCUT2D eigenvalue weighted by Gasteiger charge is 2.25. The quantitative estimate of drug-likeness (QED) is 0.773. The number of ether oxygens (including phenoxy) is 1. The molecule has 1 aliphatic rings. The Balaban J connectivity index is 1.82. The first-order valence-corrected chi connectivity index (χ1v) is 6.50. The summed E-state index contributed by atoms with van der Waals surface area (Å²) in [5.41, 5.74) is 8.14. The van der Waals surface area contributed by atoms with E-state index >= 15 is 0 Å². The number of benzene rings is 1. The number of rotatable bonds is 2. The van der Waals surface area contributed by atoms with E-state index in [1.54, 1.807) is 6.92 Å². The zero-order valence-corrected chi connectivity index (χ0v) is 11.1. The number of para-hydroxylation sites is 1. The zero-order valence-electron chi connectivity index (χ0n) is 11.1. The topological polar surface area (TPSA) is 93.0 Å². The molecule has 0 saturated heterocycles. The summed E-state index contributed by atoms with van der Waals surface area (Å²) in [5, 5.41) is 9.62. The molecular weight excluding hydrogens is 256 g/mol. The van der Waals surface area contributed by atoms with Gasteiger partial charge in [-0.15, -0.1) is 0 Å². The van der Waals surface area contributed by atoms with Gasteiger partial charge in [0.1, 0.15) is 5.75 Å². The lowest BCUT2D eigenvalue weighted by molar-refractivity contribution is 0.0920. The maximum Gasteiger partial charge on any atom is 0.274 e. The van der Waals surface area contributed by atoms with Gasteiger partial charge in [0, 0.05) is 12.0 Å². The third kappa shape index (κ3) is 2.09. The molecule has 3 rings (SSSR count). The number of nitrogens with two attached hydrogens (primary N) is 1. The molecule has 0 bridgehead atoms. The Bertz CT molecular complexity index is 650. The molecule has 1 atom stereocenters. The van der Waals surface area contributed by atoms with Gasteiger partial charge in [-0.2, -0.15) is 5.10 Å². The van der Waals surface area contributed by atoms with Gasteiger partial charge in [0.15, 0.2) is 5.69 Å². The first kappa shape index (κ1) is 12.5. The number of nitrogen functional groups attached to an aromatic ring is 1. The summed E-state index contributed by atoms with van der Waals surface area (Å²) in [5.74, 6) is 0.545. The molecule has 104 valence electrons. The number of aromatic nitrogens is 2. The number of hydrogen-bond donors (Lipinski definition) is 3. The molecule has 1 amide bonds. The summed E-state index contributed by atoms with van der Waals surface area (Å²) >= 11 is 0. The number of carbonyl (C=O) groups excluding carboxylic acids is 1. The third-order valence-electron chi connectivity index (χ3n) is 3.47. The Morgan fingerprint density at radius 3 is 3.05 bits per heavy atom. The van der Waals surface area contributed by atoms with Gasteiger partial charge in [-0.3, -0.25) is 9.89 Å². The van der Waals surface area contributed by atoms with E-state index in [1.165, 1.54) is 0 Å². The van der Waals surface area contributed by atoms with Crippen molar-refractivity contribution < 1.29 is 9.53 Å². The van der Waals surface area contributed by atoms with Gasteiger partial charge in [-0.1, -0.05) is 18.2 Å². The van der Waals surface area contributed by atoms with Crippen molar-refractivity contribution in [1.29, 1.82) is 0 Å². The van der Waals surface area contributed by atoms with Crippen molar-refractivity contribution in [3.05, 3.63) is 41.2 Å². The van der Waals surface area contributed by atoms with E-state index in [9.17, 15) is 4.79 Å². The van der Waals surface area contributed by atoms with E-state index in [0.717, 1.165) is 17.7 Å². The lowest BCUT2D eigenvalue weighted by atomic mass is 10.0. The number of amides is 1. The number of carbonyl (C=O) groups is 1. The lowest BCUT2D eigenvalue weighted by Gasteiger charge is -2.26. The van der Waals surface area contributed by atoms with Crippen LogP contribution in [0.25, 0.3) is 0 Å². The van der Waals surface area contributed by atoms with E-state index in [0.29, 0.717) is 18.0 Å². The number of hydrogen-bond acceptors (Lipinski definition) is 4. The van der Waals surface area contributed by atoms with Crippen LogP contribution < -0.4 is 15.8 Å². The molecule has 0 radical (unpaired) electrons. The van der Waals surface area contributed by atoms with Crippen LogP contribution in [0.5, 0.6) is 5.75 Å². The molecule has 0 aliphatic carbocycles. The van der Waals surface area contributed by atoms with E-state index in [-0.39, 0.29) is 17.6 Å². The van der Waals surface area contributed by atoms with Crippen LogP contribution in [0, 0.1) is 6.92 Å². The fourth-order valence-electron chi connectivity index (χ4n) is 2.33. The van der Waals surface area contributed by atoms with Crippen LogP contribution in [-0.2, 0) is 0 Å². The Morgan fingerprint density at radius 2 is 2.30 bits per heavy atom. The molecule has 2 heterocycles. The summed E-state index contributed by atoms with van der Waals surface area (Å²) in [6, 6.07) is 7.63. The van der Waals surface area contributed by atoms with E-state index in [1.807, 2.05) is 24.3 Å². The lowest BCUT2D eigenvalue weighted by Crippen LogP contribution is -2.32. The van der Waals surface area contributed by atoms with Gasteiger partial charge >= 0.3 is 0 Å². The van der Waals surface area contributed by atoms with Gasteiger partial charge in [-0.25, -0.2) is 0 Å². The first-order chi connectivity index (χ1) is 9.66. The second-order valence-corrected chi connectivity index (χ2v) is 4.81. The maximum absolute atomic E-state index is 12.2. The van der Waals surface area contributed by atoms with Crippen molar-refractivity contribution in [3.63, 3.8) is 0 Å². The summed E-state index contributed by atoms with van der Waals surface area (Å²) in [7, 11) is 0. The Hall–Kier alpha value is -2.50. The molecule has 4 N–H and O–H groups in total. The van der Waals surface area contributed by atoms with Crippen molar-refractivity contribution in [2.75, 3.05) is 12.3 Å². The molecule has 1 unspecified atom stereocenters. The summed E-state index contributed by atoms with van der Waals surface area (Å²) < 4.78 is 5.57. The van der Waals surface area contributed by atoms with Gasteiger partial charge in [0.25, 0.3) is 5.91 Å². The zero-order chi connectivity index (χ0) is 14.1. The average Bonchev–Trinajstić information content (AvgIpc) is 2.79. The smallest absolute Gasteiger partial charge is 0.274 e. The van der Waals surface area contributed by atoms with Crippen LogP contribution in [0.1, 0.15) is 34.2 Å². The van der Waals surface area contributed by atoms with Crippen molar-refractivity contribution in [2.24, 2.45) is 0 Å². The van der Waals surface area contributed by atoms with Crippen LogP contribution in [0.15, 0.2) is 24.3 Å². The van der Waals surface area contributed by atoms with Crippen LogP contribution in [0.3, 0.4) is 0 Å². The number of fused-ring (bicyclic) bond motifs is 1. The van der Waals surface area contributed by atoms with Crippen LogP contribution in [0.4, 0.5) is 5.69 Å². The minimum atomic E-state index is -0.270. The number of H-pyrrole nitrogens is 1. The standard InChI is InChI=1S/C14H16N4O2/c1-8-12(15)13(18-17-8)14(19)16-10-6-7-20-11-5-3-2-4-9(10)11/h2-5,10H,6-7,15H2,1H3,(H,16,19)(H,17,18). The Labute approximate surface area is 116 Å². The second-order valence-electron chi connectivity index (χ2n) is 4.81. The molecule has 2 aromatic rings. The summed E-state index contributed by atoms with van der Waals surface area (Å²) in [6.45, 7) is 2.36. The van der Waals surface area contributed by atoms with Gasteiger partial charge in [-0.05, 0) is 13.0 Å². The largest absolute Gasteiger partial charge is 0.493 e. The Morgan fingerprint density at radius 1 is 1.50 bits per heavy atom. The van der Waals surface area contributed by atoms with Gasteiger partial charge < -0.3 is 15.8 Å². The molecule has 0 fully saturated rings. The first-order valence-electron chi connectivity index (χ1n) is 6.50. The molecule has 20 heavy (non-hydrogen) atoms. The second kappa shape index (κ2) is 4.88. The minimum Gasteiger partial charge on any atom is -0.493 e. The van der Waals surface area contributed by atoms with Gasteiger partial charge in [0.05, 0.1) is 24.0 Å². The third-order valence-corrected chi connectivity index (χ3v) is 3.47. The Kier molecular flexibility index (Phi) is 3.06. The van der Waals surface area contributed by atoms with Crippen molar-refractivity contribution in [3.8, 4) is 5.75 Å². The number of anilines is 1. The predicted octanol–water partition coefficient (Wildman–Crippen LogP) is 1.55. The van der Waals surface area contributed by atoms with Crippen LogP contribution >= 0.6 is 0 Å². The molecule has 0 saturated carbocycles. The summed E-state index contributed by atoms with van der Waals surface area (Å²) in [6.07, 6.45) is 0.728. The van der Waals surface area contributed by atoms with E-state index in [2.05, 4.69) is 15.5 Å². The average molecular weight is 272 g/mol. The number of nitrogens with one attached hydrogen (secondary N) is 2. The van der Waals surface area contributed by atoms with E-state index < -0.39 is 0 Å². The van der Waals surface area contributed by atoms with E-state index in [4.69, 9.17) is 10.5 Å². The number of nitrogens with zero attached hydrogens (tertiary/aromatic N) is 1. The van der Waals surface area contributed by atoms with Crippen molar-refractivity contribution in [2.45, 2.75) is 19.4 Å². The molecule has 1 aromatic carbocycles. The molecule has 6 heteroatoms. The molecule has 0 spiro atoms.